The summed E-state index contributed by atoms with van der Waals surface area (Å²) < 4.78 is 5.61. The molecule has 0 aliphatic heterocycles. The van der Waals surface area contributed by atoms with E-state index in [2.05, 4.69) is 24.5 Å². The van der Waals surface area contributed by atoms with Gasteiger partial charge in [0.15, 0.2) is 5.11 Å². The van der Waals surface area contributed by atoms with Gasteiger partial charge in [0.05, 0.1) is 11.5 Å². The number of rotatable bonds is 7. The molecule has 0 bridgehead atoms. The molecule has 0 fully saturated rings. The van der Waals surface area contributed by atoms with Crippen molar-refractivity contribution in [1.82, 2.24) is 5.32 Å². The molecule has 2 rings (SSSR count). The zero-order chi connectivity index (χ0) is 20.5. The van der Waals surface area contributed by atoms with Crippen LogP contribution in [0.1, 0.15) is 19.4 Å². The van der Waals surface area contributed by atoms with Crippen LogP contribution in [0.5, 0.6) is 5.75 Å². The Balaban J connectivity index is 1.86. The lowest BCUT2D eigenvalue weighted by molar-refractivity contribution is -0.384. The van der Waals surface area contributed by atoms with E-state index in [1.54, 1.807) is 24.3 Å². The van der Waals surface area contributed by atoms with E-state index in [9.17, 15) is 14.9 Å². The average Bonchev–Trinajstić information content (AvgIpc) is 2.66. The minimum Gasteiger partial charge on any atom is -0.493 e. The van der Waals surface area contributed by atoms with Crippen LogP contribution in [0.4, 0.5) is 11.4 Å². The van der Waals surface area contributed by atoms with Gasteiger partial charge in [-0.2, -0.15) is 0 Å². The fourth-order valence-corrected chi connectivity index (χ4v) is 2.35. The molecule has 2 aromatic rings. The van der Waals surface area contributed by atoms with Gasteiger partial charge in [0, 0.05) is 23.9 Å². The van der Waals surface area contributed by atoms with E-state index in [1.807, 2.05) is 12.1 Å². The Morgan fingerprint density at radius 1 is 1.25 bits per heavy atom. The van der Waals surface area contributed by atoms with Crippen LogP contribution in [0.15, 0.2) is 54.6 Å². The monoisotopic (exact) mass is 399 g/mol. The van der Waals surface area contributed by atoms with E-state index in [0.717, 1.165) is 5.75 Å². The van der Waals surface area contributed by atoms with Crippen molar-refractivity contribution in [2.45, 2.75) is 13.8 Å². The number of nitrogens with zero attached hydrogens (tertiary/aromatic N) is 1. The number of hydrogen-bond acceptors (Lipinski definition) is 5. The smallest absolute Gasteiger partial charge is 0.270 e. The van der Waals surface area contributed by atoms with Crippen molar-refractivity contribution in [3.63, 3.8) is 0 Å². The van der Waals surface area contributed by atoms with Gasteiger partial charge in [0.2, 0.25) is 5.91 Å². The number of amides is 1. The maximum atomic E-state index is 12.0. The molecule has 0 heterocycles. The Kier molecular flexibility index (Phi) is 7.65. The Morgan fingerprint density at radius 3 is 2.61 bits per heavy atom. The van der Waals surface area contributed by atoms with Gasteiger partial charge in [-0.3, -0.25) is 20.2 Å². The van der Waals surface area contributed by atoms with Crippen LogP contribution in [0.3, 0.4) is 0 Å². The minimum atomic E-state index is -0.490. The average molecular weight is 399 g/mol. The van der Waals surface area contributed by atoms with Crippen molar-refractivity contribution >= 4 is 40.7 Å². The SMILES string of the molecule is CC(C)COc1ccc(NC(=S)NC(=O)/C=C/c2cccc([N+](=O)[O-])c2)cc1. The van der Waals surface area contributed by atoms with Gasteiger partial charge in [-0.1, -0.05) is 26.0 Å². The van der Waals surface area contributed by atoms with Gasteiger partial charge < -0.3 is 10.1 Å². The van der Waals surface area contributed by atoms with Crippen LogP contribution in [0.25, 0.3) is 6.08 Å². The molecule has 0 saturated carbocycles. The van der Waals surface area contributed by atoms with Crippen molar-refractivity contribution in [1.29, 1.82) is 0 Å². The van der Waals surface area contributed by atoms with E-state index in [1.165, 1.54) is 24.3 Å². The van der Waals surface area contributed by atoms with E-state index in [0.29, 0.717) is 23.8 Å². The number of benzene rings is 2. The summed E-state index contributed by atoms with van der Waals surface area (Å²) in [5, 5.41) is 16.3. The Labute approximate surface area is 168 Å². The first-order valence-electron chi connectivity index (χ1n) is 8.61. The first kappa shape index (κ1) is 21.0. The zero-order valence-electron chi connectivity index (χ0n) is 15.5. The van der Waals surface area contributed by atoms with Gasteiger partial charge in [0.25, 0.3) is 5.69 Å². The van der Waals surface area contributed by atoms with Crippen molar-refractivity contribution < 1.29 is 14.5 Å². The Hall–Kier alpha value is -3.26. The summed E-state index contributed by atoms with van der Waals surface area (Å²) in [6.07, 6.45) is 2.74. The van der Waals surface area contributed by atoms with Crippen LogP contribution >= 0.6 is 12.2 Å². The van der Waals surface area contributed by atoms with Crippen LogP contribution < -0.4 is 15.4 Å². The number of nitro benzene ring substituents is 1. The maximum absolute atomic E-state index is 12.0. The van der Waals surface area contributed by atoms with Gasteiger partial charge >= 0.3 is 0 Å². The Morgan fingerprint density at radius 2 is 1.96 bits per heavy atom. The summed E-state index contributed by atoms with van der Waals surface area (Å²) in [6, 6.07) is 13.2. The molecule has 146 valence electrons. The number of nitrogens with one attached hydrogen (secondary N) is 2. The molecule has 0 aliphatic carbocycles. The van der Waals surface area contributed by atoms with E-state index in [-0.39, 0.29) is 10.8 Å². The summed E-state index contributed by atoms with van der Waals surface area (Å²) in [7, 11) is 0. The number of nitro groups is 1. The van der Waals surface area contributed by atoms with Crippen LogP contribution in [0.2, 0.25) is 0 Å². The third-order valence-corrected chi connectivity index (χ3v) is 3.64. The predicted molar refractivity (Wildman–Crippen MR) is 113 cm³/mol. The standard InChI is InChI=1S/C20H21N3O4S/c1-14(2)13-27-18-9-7-16(8-10-18)21-20(28)22-19(24)11-6-15-4-3-5-17(12-15)23(25)26/h3-12,14H,13H2,1-2H3,(H2,21,22,24,28)/b11-6+. The number of anilines is 1. The van der Waals surface area contributed by atoms with Gasteiger partial charge in [-0.05, 0) is 54.0 Å². The van der Waals surface area contributed by atoms with Crippen molar-refractivity contribution in [3.8, 4) is 5.75 Å². The molecule has 0 saturated heterocycles. The number of thiocarbonyl (C=S) groups is 1. The van der Waals surface area contributed by atoms with Crippen molar-refractivity contribution in [3.05, 3.63) is 70.3 Å². The first-order chi connectivity index (χ1) is 13.3. The fraction of sp³-hybridized carbons (Fsp3) is 0.200. The number of ether oxygens (including phenoxy) is 1. The summed E-state index contributed by atoms with van der Waals surface area (Å²) >= 11 is 5.12. The molecule has 0 aromatic heterocycles. The van der Waals surface area contributed by atoms with Crippen molar-refractivity contribution in [2.75, 3.05) is 11.9 Å². The van der Waals surface area contributed by atoms with Crippen molar-refractivity contribution in [2.24, 2.45) is 5.92 Å². The van der Waals surface area contributed by atoms with Crippen LogP contribution in [-0.2, 0) is 4.79 Å². The molecule has 2 N–H and O–H groups in total. The van der Waals surface area contributed by atoms with Gasteiger partial charge in [-0.15, -0.1) is 0 Å². The molecule has 7 nitrogen and oxygen atoms in total. The highest BCUT2D eigenvalue weighted by Gasteiger charge is 2.05. The summed E-state index contributed by atoms with van der Waals surface area (Å²) in [4.78, 5) is 22.2. The van der Waals surface area contributed by atoms with E-state index >= 15 is 0 Å². The predicted octanol–water partition coefficient (Wildman–Crippen LogP) is 4.16. The minimum absolute atomic E-state index is 0.0411. The molecule has 0 unspecified atom stereocenters. The molecule has 8 heteroatoms. The number of non-ortho nitro benzene ring substituents is 1. The van der Waals surface area contributed by atoms with E-state index < -0.39 is 10.8 Å². The summed E-state index contributed by atoms with van der Waals surface area (Å²) in [6.45, 7) is 4.78. The second-order valence-corrected chi connectivity index (χ2v) is 6.77. The first-order valence-corrected chi connectivity index (χ1v) is 9.01. The third kappa shape index (κ3) is 7.16. The molecule has 28 heavy (non-hydrogen) atoms. The van der Waals surface area contributed by atoms with Gasteiger partial charge in [0.1, 0.15) is 5.75 Å². The molecule has 0 aliphatic rings. The molecule has 2 aromatic carbocycles. The second kappa shape index (κ2) is 10.2. The van der Waals surface area contributed by atoms with Crippen LogP contribution in [-0.4, -0.2) is 22.5 Å². The lowest BCUT2D eigenvalue weighted by atomic mass is 10.2. The topological polar surface area (TPSA) is 93.5 Å². The normalized spacial score (nSPS) is 10.7. The second-order valence-electron chi connectivity index (χ2n) is 6.36. The number of hydrogen-bond donors (Lipinski definition) is 2. The maximum Gasteiger partial charge on any atom is 0.270 e. The molecular formula is C20H21N3O4S. The molecule has 0 radical (unpaired) electrons. The lowest BCUT2D eigenvalue weighted by Gasteiger charge is -2.11. The number of carbonyl (C=O) groups excluding carboxylic acids is 1. The number of carbonyl (C=O) groups is 1. The molecular weight excluding hydrogens is 378 g/mol. The largest absolute Gasteiger partial charge is 0.493 e. The van der Waals surface area contributed by atoms with Gasteiger partial charge in [-0.25, -0.2) is 0 Å². The lowest BCUT2D eigenvalue weighted by Crippen LogP contribution is -2.32. The highest BCUT2D eigenvalue weighted by atomic mass is 32.1. The fourth-order valence-electron chi connectivity index (χ4n) is 2.13. The highest BCUT2D eigenvalue weighted by Crippen LogP contribution is 2.16. The molecule has 0 atom stereocenters. The van der Waals surface area contributed by atoms with E-state index in [4.69, 9.17) is 17.0 Å². The third-order valence-electron chi connectivity index (χ3n) is 3.44. The molecule has 0 spiro atoms. The highest BCUT2D eigenvalue weighted by molar-refractivity contribution is 7.80. The quantitative estimate of drug-likeness (QED) is 0.314. The van der Waals surface area contributed by atoms with Crippen LogP contribution in [0, 0.1) is 16.0 Å². The molecule has 1 amide bonds. The summed E-state index contributed by atoms with van der Waals surface area (Å²) in [5.41, 5.74) is 1.21. The zero-order valence-corrected chi connectivity index (χ0v) is 16.4. The Bertz CT molecular complexity index is 879. The summed E-state index contributed by atoms with van der Waals surface area (Å²) in [5.74, 6) is 0.755.